The maximum Gasteiger partial charge on any atom is 0.131 e. The van der Waals surface area contributed by atoms with Crippen LogP contribution in [0.2, 0.25) is 0 Å². The predicted octanol–water partition coefficient (Wildman–Crippen LogP) is 4.08. The van der Waals surface area contributed by atoms with Gasteiger partial charge in [-0.1, -0.05) is 26.0 Å². The number of hydrogen-bond donors (Lipinski definition) is 0. The molecule has 0 saturated heterocycles. The van der Waals surface area contributed by atoms with Gasteiger partial charge < -0.3 is 4.57 Å². The fraction of sp³-hybridized carbons (Fsp3) is 0.400. The van der Waals surface area contributed by atoms with E-state index in [0.29, 0.717) is 11.6 Å². The number of rotatable bonds is 3. The Morgan fingerprint density at radius 2 is 1.89 bits per heavy atom. The van der Waals surface area contributed by atoms with E-state index in [4.69, 9.17) is 0 Å². The molecule has 0 fully saturated rings. The van der Waals surface area contributed by atoms with Gasteiger partial charge in [-0.25, -0.2) is 4.39 Å². The van der Waals surface area contributed by atoms with E-state index in [0.717, 1.165) is 21.8 Å². The minimum Gasteiger partial charge on any atom is -0.319 e. The van der Waals surface area contributed by atoms with Gasteiger partial charge in [0.1, 0.15) is 13.8 Å². The summed E-state index contributed by atoms with van der Waals surface area (Å²) in [6.07, 6.45) is 0. The van der Waals surface area contributed by atoms with Crippen LogP contribution in [0.15, 0.2) is 24.3 Å². The Morgan fingerprint density at radius 1 is 1.21 bits per heavy atom. The predicted molar refractivity (Wildman–Crippen MR) is 79.7 cm³/mol. The van der Waals surface area contributed by atoms with E-state index >= 15 is 0 Å². The summed E-state index contributed by atoms with van der Waals surface area (Å²) in [7, 11) is -2.41. The minimum atomic E-state index is -2.41. The summed E-state index contributed by atoms with van der Waals surface area (Å²) >= 11 is 0. The largest absolute Gasteiger partial charge is 0.319 e. The molecule has 0 atom stereocenters. The fourth-order valence-electron chi connectivity index (χ4n) is 2.39. The van der Waals surface area contributed by atoms with Gasteiger partial charge in [-0.2, -0.15) is 0 Å². The molecule has 0 radical (unpaired) electrons. The smallest absolute Gasteiger partial charge is 0.131 e. The molecule has 0 aliphatic rings. The molecule has 0 spiro atoms. The number of nitrogens with zero attached hydrogens (tertiary/aromatic N) is 1. The molecule has 2 rings (SSSR count). The molecule has 0 N–H and O–H groups in total. The highest BCUT2D eigenvalue weighted by Crippen LogP contribution is 2.40. The van der Waals surface area contributed by atoms with Crippen LogP contribution in [0.3, 0.4) is 0 Å². The van der Waals surface area contributed by atoms with Crippen LogP contribution in [0, 0.1) is 0 Å². The molecule has 4 heteroatoms. The van der Waals surface area contributed by atoms with E-state index < -0.39 is 13.8 Å². The average molecular weight is 279 g/mol. The van der Waals surface area contributed by atoms with Crippen LogP contribution in [0.1, 0.15) is 31.0 Å². The van der Waals surface area contributed by atoms with Gasteiger partial charge in [-0.05, 0) is 36.9 Å². The second-order valence-corrected chi connectivity index (χ2v) is 8.66. The topological polar surface area (TPSA) is 30.0 Å². The first-order valence-electron chi connectivity index (χ1n) is 6.38. The second kappa shape index (κ2) is 5.05. The molecule has 2 aromatic rings. The number of fused-ring (bicyclic) bond motifs is 1. The first kappa shape index (κ1) is 14.2. The maximum absolute atomic E-state index is 12.7. The highest BCUT2D eigenvalue weighted by Gasteiger charge is 2.21. The van der Waals surface area contributed by atoms with Crippen molar-refractivity contribution in [2.75, 3.05) is 13.3 Å². The Kier molecular flexibility index (Phi) is 3.78. The molecule has 0 unspecified atom stereocenters. The van der Waals surface area contributed by atoms with Crippen molar-refractivity contribution < 1.29 is 8.96 Å². The summed E-state index contributed by atoms with van der Waals surface area (Å²) in [5.41, 5.74) is 2.23. The van der Waals surface area contributed by atoms with Gasteiger partial charge in [0.05, 0.1) is 11.2 Å². The van der Waals surface area contributed by atoms with Crippen molar-refractivity contribution in [2.45, 2.75) is 26.4 Å². The number of alkyl halides is 1. The summed E-state index contributed by atoms with van der Waals surface area (Å²) in [6.45, 7) is 7.15. The van der Waals surface area contributed by atoms with Gasteiger partial charge in [0, 0.05) is 10.7 Å². The zero-order valence-electron chi connectivity index (χ0n) is 11.8. The normalized spacial score (nSPS) is 12.3. The Bertz CT molecular complexity index is 660. The van der Waals surface area contributed by atoms with E-state index in [9.17, 15) is 8.96 Å². The Balaban J connectivity index is 2.84. The molecular weight excluding hydrogens is 260 g/mol. The van der Waals surface area contributed by atoms with E-state index in [1.54, 1.807) is 19.4 Å². The van der Waals surface area contributed by atoms with Crippen LogP contribution in [-0.4, -0.2) is 18.3 Å². The van der Waals surface area contributed by atoms with Gasteiger partial charge >= 0.3 is 0 Å². The Morgan fingerprint density at radius 3 is 2.42 bits per heavy atom. The van der Waals surface area contributed by atoms with E-state index in [2.05, 4.69) is 18.8 Å². The van der Waals surface area contributed by atoms with Crippen molar-refractivity contribution in [3.05, 3.63) is 35.5 Å². The minimum absolute atomic E-state index is 0.300. The third-order valence-corrected chi connectivity index (χ3v) is 4.81. The summed E-state index contributed by atoms with van der Waals surface area (Å²) in [5.74, 6) is 0.300. The first-order valence-corrected chi connectivity index (χ1v) is 8.98. The standard InChI is InChI=1S/C15H19FNOP/c1-10(2)12-7-8-14-13(15(12)19(3,4)18)6-5-11(9-16)17-14/h5-8,10H,9H2,1-4H3. The molecular formula is C15H19FNOP. The van der Waals surface area contributed by atoms with Crippen LogP contribution in [0.4, 0.5) is 4.39 Å². The third kappa shape index (κ3) is 2.71. The molecule has 0 aliphatic heterocycles. The van der Waals surface area contributed by atoms with Gasteiger partial charge in [0.2, 0.25) is 0 Å². The summed E-state index contributed by atoms with van der Waals surface area (Å²) in [6, 6.07) is 7.38. The molecule has 1 aromatic carbocycles. The van der Waals surface area contributed by atoms with Gasteiger partial charge in [0.25, 0.3) is 0 Å². The van der Waals surface area contributed by atoms with E-state index in [1.807, 2.05) is 18.2 Å². The monoisotopic (exact) mass is 279 g/mol. The van der Waals surface area contributed by atoms with E-state index in [-0.39, 0.29) is 0 Å². The highest BCUT2D eigenvalue weighted by atomic mass is 31.2. The van der Waals surface area contributed by atoms with Crippen LogP contribution < -0.4 is 5.30 Å². The number of hydrogen-bond acceptors (Lipinski definition) is 2. The molecule has 1 aromatic heterocycles. The van der Waals surface area contributed by atoms with Crippen molar-refractivity contribution in [1.29, 1.82) is 0 Å². The zero-order valence-corrected chi connectivity index (χ0v) is 12.7. The lowest BCUT2D eigenvalue weighted by atomic mass is 10.0. The zero-order chi connectivity index (χ0) is 14.2. The van der Waals surface area contributed by atoms with Crippen LogP contribution in [0.25, 0.3) is 10.9 Å². The molecule has 0 amide bonds. The quantitative estimate of drug-likeness (QED) is 0.792. The lowest BCUT2D eigenvalue weighted by Crippen LogP contribution is -2.14. The number of pyridine rings is 1. The van der Waals surface area contributed by atoms with E-state index in [1.165, 1.54) is 0 Å². The lowest BCUT2D eigenvalue weighted by Gasteiger charge is -2.19. The molecule has 0 bridgehead atoms. The second-order valence-electron chi connectivity index (χ2n) is 5.51. The maximum atomic E-state index is 12.7. The lowest BCUT2D eigenvalue weighted by molar-refractivity contribution is 0.477. The summed E-state index contributed by atoms with van der Waals surface area (Å²) in [4.78, 5) is 4.27. The third-order valence-electron chi connectivity index (χ3n) is 3.23. The van der Waals surface area contributed by atoms with Crippen molar-refractivity contribution in [2.24, 2.45) is 0 Å². The number of benzene rings is 1. The van der Waals surface area contributed by atoms with Crippen molar-refractivity contribution in [3.63, 3.8) is 0 Å². The first-order chi connectivity index (χ1) is 8.84. The number of aromatic nitrogens is 1. The SMILES string of the molecule is CC(C)c1ccc2nc(CF)ccc2c1P(C)(C)=O. The molecule has 102 valence electrons. The molecule has 0 aliphatic carbocycles. The van der Waals surface area contributed by atoms with Gasteiger partial charge in [-0.15, -0.1) is 0 Å². The molecule has 1 heterocycles. The summed E-state index contributed by atoms with van der Waals surface area (Å²) < 4.78 is 25.3. The molecule has 19 heavy (non-hydrogen) atoms. The Labute approximate surface area is 113 Å². The molecule has 2 nitrogen and oxygen atoms in total. The van der Waals surface area contributed by atoms with Crippen molar-refractivity contribution in [1.82, 2.24) is 4.98 Å². The number of halogens is 1. The average Bonchev–Trinajstić information content (AvgIpc) is 2.35. The Hall–Kier alpha value is -1.21. The van der Waals surface area contributed by atoms with Gasteiger partial charge in [0.15, 0.2) is 0 Å². The van der Waals surface area contributed by atoms with Crippen molar-refractivity contribution >= 4 is 23.3 Å². The van der Waals surface area contributed by atoms with Crippen molar-refractivity contribution in [3.8, 4) is 0 Å². The fourth-order valence-corrected chi connectivity index (χ4v) is 4.11. The van der Waals surface area contributed by atoms with Crippen LogP contribution in [-0.2, 0) is 11.2 Å². The summed E-state index contributed by atoms with van der Waals surface area (Å²) in [5, 5.41) is 1.77. The van der Waals surface area contributed by atoms with Crippen LogP contribution in [0.5, 0.6) is 0 Å². The molecule has 0 saturated carbocycles. The highest BCUT2D eigenvalue weighted by molar-refractivity contribution is 7.70. The van der Waals surface area contributed by atoms with Gasteiger partial charge in [-0.3, -0.25) is 4.98 Å². The van der Waals surface area contributed by atoms with Crippen LogP contribution >= 0.6 is 7.14 Å².